The summed E-state index contributed by atoms with van der Waals surface area (Å²) in [5, 5.41) is 5.22. The van der Waals surface area contributed by atoms with E-state index in [1.165, 1.54) is 6.20 Å². The Balaban J connectivity index is 1.73. The van der Waals surface area contributed by atoms with Gasteiger partial charge in [-0.15, -0.1) is 11.3 Å². The fraction of sp³-hybridized carbons (Fsp3) is 0.391. The summed E-state index contributed by atoms with van der Waals surface area (Å²) in [5.41, 5.74) is 7.18. The highest BCUT2D eigenvalue weighted by molar-refractivity contribution is 7.17. The van der Waals surface area contributed by atoms with Gasteiger partial charge >= 0.3 is 0 Å². The molecular weight excluding hydrogens is 396 g/mol. The number of carbonyl (C=O) groups excluding carboxylic acids is 2. The fourth-order valence-corrected chi connectivity index (χ4v) is 5.29. The van der Waals surface area contributed by atoms with Crippen molar-refractivity contribution in [1.29, 1.82) is 0 Å². The number of nitrogens with two attached hydrogens (primary N) is 1. The highest BCUT2D eigenvalue weighted by Gasteiger charge is 2.48. The number of thiophene rings is 1. The molecule has 2 aromatic rings. The van der Waals surface area contributed by atoms with Gasteiger partial charge in [0, 0.05) is 12.6 Å². The van der Waals surface area contributed by atoms with E-state index < -0.39 is 5.54 Å². The molecule has 2 aliphatic rings. The number of rotatable bonds is 6. The highest BCUT2D eigenvalue weighted by Crippen LogP contribution is 2.35. The zero-order valence-electron chi connectivity index (χ0n) is 17.3. The molecule has 0 aromatic carbocycles. The van der Waals surface area contributed by atoms with Crippen LogP contribution in [0.1, 0.15) is 43.1 Å². The number of hydrogen-bond acceptors (Lipinski definition) is 4. The molecule has 1 aliphatic carbocycles. The molecule has 3 heterocycles. The molecule has 1 aliphatic heterocycles. The number of aromatic nitrogens is 1. The summed E-state index contributed by atoms with van der Waals surface area (Å²) in [7, 11) is 0. The van der Waals surface area contributed by atoms with Crippen molar-refractivity contribution in [2.75, 3.05) is 6.54 Å². The van der Waals surface area contributed by atoms with Gasteiger partial charge in [-0.2, -0.15) is 0 Å². The Kier molecular flexibility index (Phi) is 5.56. The predicted molar refractivity (Wildman–Crippen MR) is 121 cm³/mol. The van der Waals surface area contributed by atoms with Gasteiger partial charge in [-0.25, -0.2) is 0 Å². The Morgan fingerprint density at radius 3 is 2.90 bits per heavy atom. The molecule has 1 atom stereocenters. The average molecular weight is 425 g/mol. The van der Waals surface area contributed by atoms with E-state index in [0.29, 0.717) is 12.2 Å². The van der Waals surface area contributed by atoms with Crippen molar-refractivity contribution < 1.29 is 9.59 Å². The normalized spacial score (nSPS) is 22.8. The van der Waals surface area contributed by atoms with Gasteiger partial charge in [-0.3, -0.25) is 9.59 Å². The maximum Gasteiger partial charge on any atom is 0.271 e. The second kappa shape index (κ2) is 8.14. The van der Waals surface area contributed by atoms with E-state index in [1.54, 1.807) is 28.4 Å². The molecule has 0 bridgehead atoms. The number of hydrogen-bond donors (Lipinski definition) is 2. The Hall–Kier alpha value is -2.80. The van der Waals surface area contributed by atoms with E-state index in [2.05, 4.69) is 11.9 Å². The van der Waals surface area contributed by atoms with E-state index in [-0.39, 0.29) is 24.4 Å². The highest BCUT2D eigenvalue weighted by atomic mass is 32.1. The fourth-order valence-electron chi connectivity index (χ4n) is 4.47. The number of carbonyl (C=O) groups is 2. The van der Waals surface area contributed by atoms with E-state index in [0.717, 1.165) is 41.5 Å². The lowest BCUT2D eigenvalue weighted by Crippen LogP contribution is -2.65. The molecular formula is C23H28N4O2S. The molecule has 1 saturated carbocycles. The minimum absolute atomic E-state index is 0.102. The predicted octanol–water partition coefficient (Wildman–Crippen LogP) is 3.56. The summed E-state index contributed by atoms with van der Waals surface area (Å²) in [6.45, 7) is 6.22. The number of allylic oxidation sites excluding steroid dienone is 2. The number of nitrogens with zero attached hydrogens (tertiary/aromatic N) is 2. The lowest BCUT2D eigenvalue weighted by Gasteiger charge is -2.44. The first kappa shape index (κ1) is 20.5. The maximum atomic E-state index is 13.6. The van der Waals surface area contributed by atoms with Crippen LogP contribution < -0.4 is 11.1 Å². The molecule has 6 nitrogen and oxygen atoms in total. The summed E-state index contributed by atoms with van der Waals surface area (Å²) in [5.74, 6) is -0.255. The molecule has 4 rings (SSSR count). The molecule has 0 spiro atoms. The van der Waals surface area contributed by atoms with Crippen molar-refractivity contribution in [1.82, 2.24) is 14.8 Å². The molecule has 158 valence electrons. The summed E-state index contributed by atoms with van der Waals surface area (Å²) in [4.78, 5) is 28.8. The van der Waals surface area contributed by atoms with Gasteiger partial charge in [0.15, 0.2) is 0 Å². The van der Waals surface area contributed by atoms with E-state index >= 15 is 0 Å². The second-order valence-corrected chi connectivity index (χ2v) is 9.19. The molecule has 7 heteroatoms. The Labute approximate surface area is 180 Å². The summed E-state index contributed by atoms with van der Waals surface area (Å²) in [6.07, 6.45) is 11.0. The van der Waals surface area contributed by atoms with Crippen LogP contribution in [0.5, 0.6) is 0 Å². The molecule has 1 fully saturated rings. The van der Waals surface area contributed by atoms with Gasteiger partial charge in [-0.05, 0) is 49.1 Å². The Bertz CT molecular complexity index is 1040. The van der Waals surface area contributed by atoms with Crippen LogP contribution in [0.4, 0.5) is 0 Å². The van der Waals surface area contributed by atoms with Gasteiger partial charge in [-0.1, -0.05) is 37.6 Å². The summed E-state index contributed by atoms with van der Waals surface area (Å²) < 4.78 is 3.05. The third-order valence-electron chi connectivity index (χ3n) is 6.23. The third kappa shape index (κ3) is 3.47. The molecule has 0 saturated heterocycles. The standard InChI is InChI=1S/C23H28N4O2S/c1-3-4-7-16(13-24)14-27-21(28)19-12-20-18(10-11-30-20)26(19)15-23(27,2)22(29)25-17-8-5-6-9-17/h3-4,7,10-13,17H,1,5-6,8-9,14-15,24H2,2H3,(H,25,29)/b7-4-,16-13+. The van der Waals surface area contributed by atoms with Crippen LogP contribution in [0, 0.1) is 0 Å². The van der Waals surface area contributed by atoms with E-state index in [4.69, 9.17) is 5.73 Å². The van der Waals surface area contributed by atoms with Gasteiger partial charge in [0.25, 0.3) is 5.91 Å². The lowest BCUT2D eigenvalue weighted by atomic mass is 9.93. The Morgan fingerprint density at radius 2 is 2.20 bits per heavy atom. The van der Waals surface area contributed by atoms with Crippen LogP contribution in [-0.4, -0.2) is 39.4 Å². The van der Waals surface area contributed by atoms with Gasteiger partial charge in [0.1, 0.15) is 11.2 Å². The van der Waals surface area contributed by atoms with Crippen molar-refractivity contribution in [2.45, 2.75) is 50.7 Å². The van der Waals surface area contributed by atoms with Gasteiger partial charge in [0.2, 0.25) is 5.91 Å². The van der Waals surface area contributed by atoms with Crippen LogP contribution in [0.3, 0.4) is 0 Å². The van der Waals surface area contributed by atoms with Crippen LogP contribution in [-0.2, 0) is 11.3 Å². The maximum absolute atomic E-state index is 13.6. The summed E-state index contributed by atoms with van der Waals surface area (Å²) >= 11 is 1.60. The first-order valence-electron chi connectivity index (χ1n) is 10.4. The molecule has 2 amide bonds. The smallest absolute Gasteiger partial charge is 0.271 e. The van der Waals surface area contributed by atoms with E-state index in [1.807, 2.05) is 35.1 Å². The largest absolute Gasteiger partial charge is 0.404 e. The van der Waals surface area contributed by atoms with Crippen molar-refractivity contribution >= 4 is 33.4 Å². The van der Waals surface area contributed by atoms with Crippen molar-refractivity contribution in [3.8, 4) is 0 Å². The third-order valence-corrected chi connectivity index (χ3v) is 7.08. The van der Waals surface area contributed by atoms with Crippen LogP contribution in [0.25, 0.3) is 10.2 Å². The SMILES string of the molecule is C=C/C=C\C(=C/N)CN1C(=O)c2cc3sccc3n2CC1(C)C(=O)NC1CCCC1. The zero-order valence-corrected chi connectivity index (χ0v) is 18.1. The second-order valence-electron chi connectivity index (χ2n) is 8.24. The van der Waals surface area contributed by atoms with Gasteiger partial charge in [0.05, 0.1) is 16.8 Å². The van der Waals surface area contributed by atoms with Gasteiger partial charge < -0.3 is 20.5 Å². The van der Waals surface area contributed by atoms with Crippen molar-refractivity contribution in [2.24, 2.45) is 5.73 Å². The molecule has 3 N–H and O–H groups in total. The molecule has 1 unspecified atom stereocenters. The minimum Gasteiger partial charge on any atom is -0.404 e. The minimum atomic E-state index is -1.02. The van der Waals surface area contributed by atoms with Crippen LogP contribution in [0.15, 0.2) is 54.1 Å². The lowest BCUT2D eigenvalue weighted by molar-refractivity contribution is -0.133. The van der Waals surface area contributed by atoms with Crippen molar-refractivity contribution in [3.63, 3.8) is 0 Å². The molecule has 2 aromatic heterocycles. The zero-order chi connectivity index (χ0) is 21.3. The van der Waals surface area contributed by atoms with Crippen LogP contribution in [0.2, 0.25) is 0 Å². The van der Waals surface area contributed by atoms with Crippen molar-refractivity contribution in [3.05, 3.63) is 59.8 Å². The number of amides is 2. The first-order valence-corrected chi connectivity index (χ1v) is 11.3. The topological polar surface area (TPSA) is 80.4 Å². The van der Waals surface area contributed by atoms with E-state index in [9.17, 15) is 9.59 Å². The number of nitrogens with one attached hydrogen (secondary N) is 1. The summed E-state index contributed by atoms with van der Waals surface area (Å²) in [6, 6.07) is 4.12. The first-order chi connectivity index (χ1) is 14.5. The Morgan fingerprint density at radius 1 is 1.43 bits per heavy atom. The molecule has 0 radical (unpaired) electrons. The quantitative estimate of drug-likeness (QED) is 0.696. The van der Waals surface area contributed by atoms with Crippen LogP contribution >= 0.6 is 11.3 Å². The molecule has 30 heavy (non-hydrogen) atoms. The monoisotopic (exact) mass is 424 g/mol. The average Bonchev–Trinajstić information content (AvgIpc) is 3.46. The number of fused-ring (bicyclic) bond motifs is 3.